The first kappa shape index (κ1) is 12.0. The molecule has 1 fully saturated rings. The minimum absolute atomic E-state index is 0.156. The molecule has 3 heteroatoms. The van der Waals surface area contributed by atoms with Crippen LogP contribution in [0.25, 0.3) is 0 Å². The molecule has 1 amide bonds. The maximum absolute atomic E-state index is 12.0. The van der Waals surface area contributed by atoms with E-state index in [4.69, 9.17) is 5.26 Å². The van der Waals surface area contributed by atoms with E-state index in [0.717, 1.165) is 19.4 Å². The molecule has 1 rings (SSSR count). The quantitative estimate of drug-likeness (QED) is 0.612. The summed E-state index contributed by atoms with van der Waals surface area (Å²) in [5.41, 5.74) is -0.688. The highest BCUT2D eigenvalue weighted by Gasteiger charge is 2.36. The lowest BCUT2D eigenvalue weighted by Gasteiger charge is -2.38. The Balaban J connectivity index is 2.74. The first-order valence-corrected chi connectivity index (χ1v) is 5.49. The van der Waals surface area contributed by atoms with Crippen molar-refractivity contribution in [2.75, 3.05) is 13.1 Å². The smallest absolute Gasteiger partial charge is 0.227 e. The molecule has 0 bridgehead atoms. The largest absolute Gasteiger partial charge is 0.341 e. The molecule has 1 heterocycles. The highest BCUT2D eigenvalue weighted by Crippen LogP contribution is 2.30. The fourth-order valence-electron chi connectivity index (χ4n) is 1.98. The van der Waals surface area contributed by atoms with E-state index in [1.165, 1.54) is 0 Å². The maximum Gasteiger partial charge on any atom is 0.227 e. The number of nitriles is 1. The lowest BCUT2D eigenvalue weighted by Crippen LogP contribution is -2.48. The summed E-state index contributed by atoms with van der Waals surface area (Å²) in [5.74, 6) is 0.156. The first-order valence-electron chi connectivity index (χ1n) is 5.49. The summed E-state index contributed by atoms with van der Waals surface area (Å²) in [4.78, 5) is 13.9. The molecule has 0 radical (unpaired) electrons. The fraction of sp³-hybridized carbons (Fsp3) is 0.833. The van der Waals surface area contributed by atoms with Gasteiger partial charge in [-0.2, -0.15) is 5.26 Å². The van der Waals surface area contributed by atoms with Crippen molar-refractivity contribution in [1.29, 1.82) is 5.26 Å². The zero-order chi connectivity index (χ0) is 11.7. The summed E-state index contributed by atoms with van der Waals surface area (Å²) < 4.78 is 0. The van der Waals surface area contributed by atoms with Crippen LogP contribution in [0.1, 0.15) is 40.5 Å². The number of amides is 1. The zero-order valence-electron chi connectivity index (χ0n) is 10.1. The van der Waals surface area contributed by atoms with E-state index in [1.54, 1.807) is 0 Å². The summed E-state index contributed by atoms with van der Waals surface area (Å²) in [7, 11) is 0. The van der Waals surface area contributed by atoms with Crippen LogP contribution in [0.15, 0.2) is 0 Å². The van der Waals surface area contributed by atoms with Gasteiger partial charge in [0, 0.05) is 18.5 Å². The maximum atomic E-state index is 12.0. The molecule has 0 aromatic rings. The highest BCUT2D eigenvalue weighted by molar-refractivity contribution is 5.81. The minimum Gasteiger partial charge on any atom is -0.341 e. The topological polar surface area (TPSA) is 44.1 Å². The summed E-state index contributed by atoms with van der Waals surface area (Å²) in [6, 6.07) is 2.32. The van der Waals surface area contributed by atoms with Crippen LogP contribution >= 0.6 is 0 Å². The second-order valence-electron chi connectivity index (χ2n) is 5.75. The van der Waals surface area contributed by atoms with E-state index in [-0.39, 0.29) is 16.7 Å². The third-order valence-electron chi connectivity index (χ3n) is 2.90. The Labute approximate surface area is 92.1 Å². The Morgan fingerprint density at radius 2 is 2.07 bits per heavy atom. The number of likely N-dealkylation sites (tertiary alicyclic amines) is 1. The molecule has 0 N–H and O–H groups in total. The second kappa shape index (κ2) is 3.84. The van der Waals surface area contributed by atoms with Crippen LogP contribution in [-0.2, 0) is 4.79 Å². The van der Waals surface area contributed by atoms with Crippen molar-refractivity contribution in [2.45, 2.75) is 40.5 Å². The van der Waals surface area contributed by atoms with E-state index < -0.39 is 0 Å². The molecule has 0 spiro atoms. The van der Waals surface area contributed by atoms with E-state index in [1.807, 2.05) is 32.6 Å². The summed E-state index contributed by atoms with van der Waals surface area (Å²) in [6.07, 6.45) is 1.84. The van der Waals surface area contributed by atoms with Gasteiger partial charge in [0.2, 0.25) is 5.91 Å². The van der Waals surface area contributed by atoms with Gasteiger partial charge in [0.15, 0.2) is 0 Å². The standard InChI is InChI=1S/C12H20N2O/c1-11(2,3)10(15)14-7-5-6-12(4,8-13)9-14/h5-7,9H2,1-4H3. The average Bonchev–Trinajstić information content (AvgIpc) is 2.15. The van der Waals surface area contributed by atoms with E-state index in [0.29, 0.717) is 6.54 Å². The lowest BCUT2D eigenvalue weighted by molar-refractivity contribution is -0.142. The number of carbonyl (C=O) groups is 1. The van der Waals surface area contributed by atoms with Crippen molar-refractivity contribution < 1.29 is 4.79 Å². The van der Waals surface area contributed by atoms with E-state index >= 15 is 0 Å². The van der Waals surface area contributed by atoms with Crippen LogP contribution in [0.3, 0.4) is 0 Å². The van der Waals surface area contributed by atoms with Gasteiger partial charge in [0.25, 0.3) is 0 Å². The van der Waals surface area contributed by atoms with Crippen LogP contribution in [0.5, 0.6) is 0 Å². The Morgan fingerprint density at radius 3 is 2.53 bits per heavy atom. The predicted molar refractivity (Wildman–Crippen MR) is 59.0 cm³/mol. The van der Waals surface area contributed by atoms with Crippen molar-refractivity contribution in [3.63, 3.8) is 0 Å². The summed E-state index contributed by atoms with van der Waals surface area (Å²) in [6.45, 7) is 9.09. The Bertz CT molecular complexity index is 298. The normalized spacial score (nSPS) is 27.3. The molecule has 0 saturated carbocycles. The van der Waals surface area contributed by atoms with Crippen molar-refractivity contribution in [3.05, 3.63) is 0 Å². The molecule has 1 unspecified atom stereocenters. The van der Waals surface area contributed by atoms with E-state index in [9.17, 15) is 4.79 Å². The van der Waals surface area contributed by atoms with Gasteiger partial charge >= 0.3 is 0 Å². The summed E-state index contributed by atoms with van der Waals surface area (Å²) >= 11 is 0. The fourth-order valence-corrected chi connectivity index (χ4v) is 1.98. The highest BCUT2D eigenvalue weighted by atomic mass is 16.2. The van der Waals surface area contributed by atoms with E-state index in [2.05, 4.69) is 6.07 Å². The zero-order valence-corrected chi connectivity index (χ0v) is 10.1. The van der Waals surface area contributed by atoms with Crippen LogP contribution < -0.4 is 0 Å². The van der Waals surface area contributed by atoms with Gasteiger partial charge in [-0.1, -0.05) is 20.8 Å². The molecule has 3 nitrogen and oxygen atoms in total. The molecular weight excluding hydrogens is 188 g/mol. The van der Waals surface area contributed by atoms with Crippen molar-refractivity contribution >= 4 is 5.91 Å². The molecule has 0 aliphatic carbocycles. The third-order valence-corrected chi connectivity index (χ3v) is 2.90. The molecule has 1 atom stereocenters. The Morgan fingerprint density at radius 1 is 1.47 bits per heavy atom. The molecule has 1 aliphatic rings. The van der Waals surface area contributed by atoms with Crippen LogP contribution in [0.2, 0.25) is 0 Å². The monoisotopic (exact) mass is 208 g/mol. The first-order chi connectivity index (χ1) is 6.78. The van der Waals surface area contributed by atoms with Gasteiger partial charge < -0.3 is 4.90 Å². The van der Waals surface area contributed by atoms with Crippen molar-refractivity contribution in [3.8, 4) is 6.07 Å². The van der Waals surface area contributed by atoms with Gasteiger partial charge in [-0.05, 0) is 19.8 Å². The number of piperidine rings is 1. The Kier molecular flexibility index (Phi) is 3.08. The van der Waals surface area contributed by atoms with Crippen LogP contribution in [-0.4, -0.2) is 23.9 Å². The van der Waals surface area contributed by atoms with Crippen LogP contribution in [0.4, 0.5) is 0 Å². The summed E-state index contributed by atoms with van der Waals surface area (Å²) in [5, 5.41) is 9.06. The Hall–Kier alpha value is -1.04. The predicted octanol–water partition coefficient (Wildman–Crippen LogP) is 2.18. The van der Waals surface area contributed by atoms with Crippen molar-refractivity contribution in [1.82, 2.24) is 4.90 Å². The molecule has 1 saturated heterocycles. The average molecular weight is 208 g/mol. The van der Waals surface area contributed by atoms with Crippen LogP contribution in [0, 0.1) is 22.2 Å². The molecule has 84 valence electrons. The number of rotatable bonds is 0. The van der Waals surface area contributed by atoms with Gasteiger partial charge in [-0.25, -0.2) is 0 Å². The molecule has 0 aromatic heterocycles. The molecular formula is C12H20N2O. The van der Waals surface area contributed by atoms with Gasteiger partial charge in [0.05, 0.1) is 11.5 Å². The van der Waals surface area contributed by atoms with Gasteiger partial charge in [-0.15, -0.1) is 0 Å². The number of hydrogen-bond acceptors (Lipinski definition) is 2. The third kappa shape index (κ3) is 2.71. The molecule has 0 aromatic carbocycles. The number of hydrogen-bond donors (Lipinski definition) is 0. The van der Waals surface area contributed by atoms with Crippen molar-refractivity contribution in [2.24, 2.45) is 10.8 Å². The second-order valence-corrected chi connectivity index (χ2v) is 5.75. The number of carbonyl (C=O) groups excluding carboxylic acids is 1. The minimum atomic E-state index is -0.348. The molecule has 15 heavy (non-hydrogen) atoms. The lowest BCUT2D eigenvalue weighted by atomic mass is 9.82. The SMILES string of the molecule is CC1(C#N)CCCN(C(=O)C(C)(C)C)C1. The molecule has 1 aliphatic heterocycles. The van der Waals surface area contributed by atoms with Gasteiger partial charge in [-0.3, -0.25) is 4.79 Å². The number of nitrogens with zero attached hydrogens (tertiary/aromatic N) is 2. The van der Waals surface area contributed by atoms with Gasteiger partial charge in [0.1, 0.15) is 0 Å².